The predicted octanol–water partition coefficient (Wildman–Crippen LogP) is 1.52. The summed E-state index contributed by atoms with van der Waals surface area (Å²) >= 11 is 0. The summed E-state index contributed by atoms with van der Waals surface area (Å²) in [6.07, 6.45) is 12.3. The third kappa shape index (κ3) is 4.80. The van der Waals surface area contributed by atoms with Crippen LogP contribution >= 0.6 is 0 Å². The van der Waals surface area contributed by atoms with Gasteiger partial charge < -0.3 is 11.1 Å². The normalized spacial score (nSPS) is 28.3. The van der Waals surface area contributed by atoms with Gasteiger partial charge in [0, 0.05) is 24.8 Å². The summed E-state index contributed by atoms with van der Waals surface area (Å²) < 4.78 is 0. The lowest BCUT2D eigenvalue weighted by molar-refractivity contribution is 0.0751. The second kappa shape index (κ2) is 8.83. The number of tetrazole rings is 2. The Morgan fingerprint density at radius 2 is 1.69 bits per heavy atom. The van der Waals surface area contributed by atoms with E-state index in [2.05, 4.69) is 53.5 Å². The molecular weight excluding hydrogens is 368 g/mol. The van der Waals surface area contributed by atoms with Crippen LogP contribution in [-0.4, -0.2) is 54.0 Å². The zero-order valence-corrected chi connectivity index (χ0v) is 17.4. The number of aromatic nitrogens is 8. The van der Waals surface area contributed by atoms with Gasteiger partial charge in [0.25, 0.3) is 0 Å². The molecule has 0 saturated heterocycles. The first kappa shape index (κ1) is 20.3. The van der Waals surface area contributed by atoms with Crippen LogP contribution in [-0.2, 0) is 12.8 Å². The van der Waals surface area contributed by atoms with E-state index < -0.39 is 0 Å². The molecule has 29 heavy (non-hydrogen) atoms. The maximum absolute atomic E-state index is 6.86. The zero-order chi connectivity index (χ0) is 20.2. The first-order valence-electron chi connectivity index (χ1n) is 11.0. The van der Waals surface area contributed by atoms with Gasteiger partial charge in [0.05, 0.1) is 6.17 Å². The number of hydrogen-bond donors (Lipinski definition) is 4. The Kier molecular flexibility index (Phi) is 6.19. The highest BCUT2D eigenvalue weighted by Crippen LogP contribution is 2.44. The summed E-state index contributed by atoms with van der Waals surface area (Å²) in [5, 5.41) is 33.3. The summed E-state index contributed by atoms with van der Waals surface area (Å²) in [5.74, 6) is 2.22. The molecule has 2 aromatic rings. The van der Waals surface area contributed by atoms with Gasteiger partial charge in [-0.3, -0.25) is 0 Å². The van der Waals surface area contributed by atoms with E-state index in [1.54, 1.807) is 0 Å². The van der Waals surface area contributed by atoms with Crippen molar-refractivity contribution in [3.8, 4) is 0 Å². The molecule has 2 aliphatic carbocycles. The minimum absolute atomic E-state index is 0.0382. The van der Waals surface area contributed by atoms with Crippen LogP contribution in [0, 0.1) is 16.7 Å². The Balaban J connectivity index is 1.47. The highest BCUT2D eigenvalue weighted by molar-refractivity contribution is 5.00. The molecule has 0 aromatic carbocycles. The number of nitrogens with one attached hydrogen (secondary N) is 3. The summed E-state index contributed by atoms with van der Waals surface area (Å²) in [7, 11) is 0. The first-order valence-corrected chi connectivity index (χ1v) is 11.0. The van der Waals surface area contributed by atoms with Crippen molar-refractivity contribution in [2.75, 3.05) is 6.54 Å². The van der Waals surface area contributed by atoms with Crippen LogP contribution in [0.15, 0.2) is 0 Å². The van der Waals surface area contributed by atoms with E-state index in [4.69, 9.17) is 5.73 Å². The van der Waals surface area contributed by atoms with E-state index in [-0.39, 0.29) is 17.0 Å². The summed E-state index contributed by atoms with van der Waals surface area (Å²) in [6.45, 7) is 3.21. The van der Waals surface area contributed by atoms with Crippen LogP contribution in [0.25, 0.3) is 0 Å². The fraction of sp³-hybridized carbons (Fsp3) is 0.895. The van der Waals surface area contributed by atoms with Gasteiger partial charge in [-0.2, -0.15) is 10.4 Å². The molecule has 0 unspecified atom stereocenters. The van der Waals surface area contributed by atoms with Crippen LogP contribution < -0.4 is 11.1 Å². The fourth-order valence-electron chi connectivity index (χ4n) is 5.68. The topological polar surface area (TPSA) is 147 Å². The molecule has 4 rings (SSSR count). The molecule has 10 nitrogen and oxygen atoms in total. The Labute approximate surface area is 171 Å². The van der Waals surface area contributed by atoms with Crippen LogP contribution in [0.1, 0.15) is 76.4 Å². The SMILES string of the molecule is C[C@H]1CCC[C@@](Cc2nn[nH]n2)([C@@H](N)NCC2(Cc3nn[nH]n3)CCCCC2)C1. The molecule has 2 saturated carbocycles. The highest BCUT2D eigenvalue weighted by atomic mass is 15.5. The van der Waals surface area contributed by atoms with E-state index in [0.717, 1.165) is 43.9 Å². The van der Waals surface area contributed by atoms with Crippen molar-refractivity contribution in [3.63, 3.8) is 0 Å². The number of H-pyrrole nitrogens is 2. The van der Waals surface area contributed by atoms with Gasteiger partial charge in [0.1, 0.15) is 0 Å². The number of aromatic amines is 2. The van der Waals surface area contributed by atoms with Crippen molar-refractivity contribution in [3.05, 3.63) is 11.6 Å². The molecule has 0 bridgehead atoms. The Hall–Kier alpha value is -1.94. The van der Waals surface area contributed by atoms with Crippen molar-refractivity contribution in [1.29, 1.82) is 0 Å². The molecule has 2 aliphatic rings. The Bertz CT molecular complexity index is 724. The monoisotopic (exact) mass is 402 g/mol. The summed E-state index contributed by atoms with van der Waals surface area (Å²) in [5.41, 5.74) is 6.97. The molecule has 160 valence electrons. The van der Waals surface area contributed by atoms with Gasteiger partial charge in [-0.15, -0.1) is 20.4 Å². The molecule has 3 atom stereocenters. The average Bonchev–Trinajstić information content (AvgIpc) is 3.41. The van der Waals surface area contributed by atoms with Crippen molar-refractivity contribution >= 4 is 0 Å². The largest absolute Gasteiger partial charge is 0.315 e. The van der Waals surface area contributed by atoms with Crippen molar-refractivity contribution in [1.82, 2.24) is 46.6 Å². The Morgan fingerprint density at radius 1 is 1.00 bits per heavy atom. The van der Waals surface area contributed by atoms with E-state index >= 15 is 0 Å². The maximum atomic E-state index is 6.86. The van der Waals surface area contributed by atoms with Gasteiger partial charge in [0.15, 0.2) is 11.6 Å². The van der Waals surface area contributed by atoms with Crippen molar-refractivity contribution in [2.24, 2.45) is 22.5 Å². The third-order valence-electron chi connectivity index (χ3n) is 7.22. The molecule has 10 heteroatoms. The highest BCUT2D eigenvalue weighted by Gasteiger charge is 2.43. The third-order valence-corrected chi connectivity index (χ3v) is 7.22. The predicted molar refractivity (Wildman–Crippen MR) is 107 cm³/mol. The number of rotatable bonds is 8. The number of nitrogens with two attached hydrogens (primary N) is 1. The summed E-state index contributed by atoms with van der Waals surface area (Å²) in [6, 6.07) is 0. The van der Waals surface area contributed by atoms with Crippen molar-refractivity contribution in [2.45, 2.75) is 83.7 Å². The molecule has 0 spiro atoms. The quantitative estimate of drug-likeness (QED) is 0.486. The zero-order valence-electron chi connectivity index (χ0n) is 17.4. The number of hydrogen-bond acceptors (Lipinski definition) is 8. The van der Waals surface area contributed by atoms with Gasteiger partial charge in [-0.1, -0.05) is 49.5 Å². The molecule has 2 fully saturated rings. The van der Waals surface area contributed by atoms with Crippen LogP contribution in [0.3, 0.4) is 0 Å². The van der Waals surface area contributed by atoms with Crippen molar-refractivity contribution < 1.29 is 0 Å². The van der Waals surface area contributed by atoms with E-state index in [1.807, 2.05) is 0 Å². The minimum Gasteiger partial charge on any atom is -0.315 e. The second-order valence-electron chi connectivity index (χ2n) is 9.49. The summed E-state index contributed by atoms with van der Waals surface area (Å²) in [4.78, 5) is 0. The van der Waals surface area contributed by atoms with E-state index in [0.29, 0.717) is 5.92 Å². The molecule has 0 amide bonds. The molecule has 2 heterocycles. The standard InChI is InChI=1S/C19H34N10/c1-14-6-5-9-19(10-14,12-16-24-28-29-25-16)17(20)21-13-18(7-3-2-4-8-18)11-15-22-26-27-23-15/h14,17,21H,2-13,20H2,1H3,(H,22,23,26,27)(H,24,25,28,29)/t14-,17-,19+/m0/s1. The van der Waals surface area contributed by atoms with Gasteiger partial charge in [0.2, 0.25) is 0 Å². The van der Waals surface area contributed by atoms with E-state index in [1.165, 1.54) is 44.9 Å². The maximum Gasteiger partial charge on any atom is 0.175 e. The second-order valence-corrected chi connectivity index (χ2v) is 9.49. The van der Waals surface area contributed by atoms with Crippen LogP contribution in [0.2, 0.25) is 0 Å². The fourth-order valence-corrected chi connectivity index (χ4v) is 5.68. The first-order chi connectivity index (χ1) is 14.1. The molecular formula is C19H34N10. The number of nitrogens with zero attached hydrogens (tertiary/aromatic N) is 6. The Morgan fingerprint density at radius 3 is 2.31 bits per heavy atom. The molecule has 5 N–H and O–H groups in total. The average molecular weight is 403 g/mol. The molecule has 2 aromatic heterocycles. The lowest BCUT2D eigenvalue weighted by Crippen LogP contribution is -2.57. The molecule has 0 radical (unpaired) electrons. The lowest BCUT2D eigenvalue weighted by Gasteiger charge is -2.46. The molecule has 0 aliphatic heterocycles. The van der Waals surface area contributed by atoms with Gasteiger partial charge in [-0.25, -0.2) is 0 Å². The smallest absolute Gasteiger partial charge is 0.175 e. The minimum atomic E-state index is -0.104. The lowest BCUT2D eigenvalue weighted by atomic mass is 9.65. The van der Waals surface area contributed by atoms with Gasteiger partial charge >= 0.3 is 0 Å². The van der Waals surface area contributed by atoms with Crippen LogP contribution in [0.4, 0.5) is 0 Å². The van der Waals surface area contributed by atoms with Crippen LogP contribution in [0.5, 0.6) is 0 Å². The van der Waals surface area contributed by atoms with E-state index in [9.17, 15) is 0 Å². The van der Waals surface area contributed by atoms with Gasteiger partial charge in [-0.05, 0) is 37.0 Å².